The number of para-hydroxylation sites is 5. The van der Waals surface area contributed by atoms with Crippen molar-refractivity contribution in [3.63, 3.8) is 0 Å². The van der Waals surface area contributed by atoms with E-state index in [1.54, 1.807) is 6.33 Å². The second kappa shape index (κ2) is 12.7. The maximum absolute atomic E-state index is 6.82. The van der Waals surface area contributed by atoms with E-state index < -0.39 is 8.07 Å². The van der Waals surface area contributed by atoms with Gasteiger partial charge in [-0.3, -0.25) is 4.57 Å². The van der Waals surface area contributed by atoms with Crippen molar-refractivity contribution >= 4 is 94.6 Å². The lowest BCUT2D eigenvalue weighted by molar-refractivity contribution is 0.671. The van der Waals surface area contributed by atoms with Crippen LogP contribution in [-0.2, 0) is 0 Å². The summed E-state index contributed by atoms with van der Waals surface area (Å²) in [5.41, 5.74) is 7.95. The number of rotatable bonds is 6. The molecule has 4 heterocycles. The lowest BCUT2D eigenvalue weighted by Gasteiger charge is -2.32. The van der Waals surface area contributed by atoms with E-state index in [-0.39, 0.29) is 0 Å². The van der Waals surface area contributed by atoms with Gasteiger partial charge < -0.3 is 8.98 Å². The summed E-state index contributed by atoms with van der Waals surface area (Å²) in [7, 11) is -3.28. The summed E-state index contributed by atoms with van der Waals surface area (Å²) in [6.07, 6.45) is 1.69. The Balaban J connectivity index is 1.13. The highest BCUT2D eigenvalue weighted by atomic mass is 28.3. The van der Waals surface area contributed by atoms with Crippen LogP contribution < -0.4 is 21.0 Å². The second-order valence-electron chi connectivity index (χ2n) is 14.8. The normalized spacial score (nSPS) is 12.1. The fraction of sp³-hybridized carbons (Fsp3) is 0. The van der Waals surface area contributed by atoms with E-state index in [1.165, 1.54) is 21.8 Å². The Morgan fingerprint density at radius 1 is 0.414 bits per heavy atom. The number of fused-ring (bicyclic) bond motifs is 9. The molecule has 0 unspecified atom stereocenters. The van der Waals surface area contributed by atoms with Crippen molar-refractivity contribution in [3.8, 4) is 11.6 Å². The fourth-order valence-electron chi connectivity index (χ4n) is 9.37. The predicted octanol–water partition coefficient (Wildman–Crippen LogP) is 9.34. The van der Waals surface area contributed by atoms with Gasteiger partial charge in [-0.2, -0.15) is 0 Å². The summed E-state index contributed by atoms with van der Waals surface area (Å²) in [6.45, 7) is 0. The number of nitrogens with zero attached hydrogens (tertiary/aromatic N) is 5. The molecule has 0 fully saturated rings. The monoisotopic (exact) mass is 759 g/mol. The van der Waals surface area contributed by atoms with Crippen LogP contribution in [0.15, 0.2) is 205 Å². The quantitative estimate of drug-likeness (QED) is 0.125. The van der Waals surface area contributed by atoms with E-state index in [0.29, 0.717) is 5.95 Å². The van der Waals surface area contributed by atoms with Crippen LogP contribution in [-0.4, -0.2) is 32.2 Å². The average Bonchev–Trinajstić information content (AvgIpc) is 3.96. The van der Waals surface area contributed by atoms with E-state index in [9.17, 15) is 0 Å². The molecule has 0 atom stereocenters. The summed E-state index contributed by atoms with van der Waals surface area (Å²) < 4.78 is 11.4. The van der Waals surface area contributed by atoms with Gasteiger partial charge in [-0.25, -0.2) is 15.0 Å². The third-order valence-corrected chi connectivity index (χ3v) is 16.3. The molecule has 8 aromatic carbocycles. The first kappa shape index (κ1) is 32.6. The molecule has 6 nitrogen and oxygen atoms in total. The van der Waals surface area contributed by atoms with E-state index in [2.05, 4.69) is 191 Å². The zero-order valence-corrected chi connectivity index (χ0v) is 32.2. The highest BCUT2D eigenvalue weighted by Gasteiger charge is 2.47. The molecule has 0 saturated heterocycles. The Kier molecular flexibility index (Phi) is 7.15. The molecular formula is C51H33N5OSi. The molecule has 0 amide bonds. The molecule has 0 aliphatic carbocycles. The molecule has 0 bridgehead atoms. The number of hydrogen-bond acceptors (Lipinski definition) is 4. The maximum atomic E-state index is 6.82. The van der Waals surface area contributed by atoms with Crippen molar-refractivity contribution in [1.29, 1.82) is 0 Å². The van der Waals surface area contributed by atoms with Gasteiger partial charge in [0.1, 0.15) is 22.9 Å². The molecular weight excluding hydrogens is 727 g/mol. The van der Waals surface area contributed by atoms with Crippen LogP contribution in [0.5, 0.6) is 0 Å². The van der Waals surface area contributed by atoms with Gasteiger partial charge >= 0.3 is 0 Å². The second-order valence-corrected chi connectivity index (χ2v) is 18.4. The lowest BCUT2D eigenvalue weighted by Crippen LogP contribution is -2.76. The third kappa shape index (κ3) is 4.62. The molecule has 58 heavy (non-hydrogen) atoms. The zero-order valence-electron chi connectivity index (χ0n) is 31.2. The topological polar surface area (TPSA) is 61.7 Å². The maximum Gasteiger partial charge on any atom is 0.237 e. The van der Waals surface area contributed by atoms with Crippen molar-refractivity contribution in [2.24, 2.45) is 0 Å². The molecule has 12 rings (SSSR count). The van der Waals surface area contributed by atoms with Gasteiger partial charge in [0.2, 0.25) is 14.0 Å². The molecule has 12 aromatic rings. The molecule has 0 saturated carbocycles. The Labute approximate surface area is 333 Å². The molecule has 272 valence electrons. The van der Waals surface area contributed by atoms with Crippen LogP contribution >= 0.6 is 0 Å². The van der Waals surface area contributed by atoms with Gasteiger partial charge in [0.05, 0.1) is 22.1 Å². The Hall–Kier alpha value is -7.61. The van der Waals surface area contributed by atoms with Crippen LogP contribution in [0, 0.1) is 0 Å². The highest BCUT2D eigenvalue weighted by molar-refractivity contribution is 7.20. The number of furan rings is 1. The summed E-state index contributed by atoms with van der Waals surface area (Å²) in [5.74, 6) is 0.571. The minimum Gasteiger partial charge on any atom is -0.456 e. The SMILES string of the molecule is c1ccc([Si](c2ccccc2)(c2ncnc(-n3c4ccccc4c4cc(-n5c6ccccc6c6ccccc65)ccc43)n2)c2cccc3c2oc2ccccc23)cc1. The summed E-state index contributed by atoms with van der Waals surface area (Å²) in [5, 5.41) is 10.3. The first-order chi connectivity index (χ1) is 28.8. The molecule has 0 N–H and O–H groups in total. The van der Waals surface area contributed by atoms with Gasteiger partial charge in [0.25, 0.3) is 0 Å². The average molecular weight is 760 g/mol. The van der Waals surface area contributed by atoms with Crippen LogP contribution in [0.3, 0.4) is 0 Å². The first-order valence-electron chi connectivity index (χ1n) is 19.5. The van der Waals surface area contributed by atoms with Crippen LogP contribution in [0.2, 0.25) is 0 Å². The van der Waals surface area contributed by atoms with E-state index in [4.69, 9.17) is 19.4 Å². The number of benzene rings is 8. The largest absolute Gasteiger partial charge is 0.456 e. The van der Waals surface area contributed by atoms with E-state index >= 15 is 0 Å². The van der Waals surface area contributed by atoms with Crippen molar-refractivity contribution in [1.82, 2.24) is 24.1 Å². The van der Waals surface area contributed by atoms with Gasteiger partial charge in [-0.05, 0) is 52.8 Å². The molecule has 4 aromatic heterocycles. The van der Waals surface area contributed by atoms with Gasteiger partial charge in [-0.1, -0.05) is 152 Å². The van der Waals surface area contributed by atoms with Crippen LogP contribution in [0.25, 0.3) is 77.2 Å². The number of hydrogen-bond donors (Lipinski definition) is 0. The van der Waals surface area contributed by atoms with Crippen molar-refractivity contribution in [3.05, 3.63) is 200 Å². The highest BCUT2D eigenvalue weighted by Crippen LogP contribution is 2.36. The van der Waals surface area contributed by atoms with Gasteiger partial charge in [0.15, 0.2) is 0 Å². The first-order valence-corrected chi connectivity index (χ1v) is 21.5. The van der Waals surface area contributed by atoms with Crippen molar-refractivity contribution < 1.29 is 4.42 Å². The third-order valence-electron chi connectivity index (χ3n) is 11.8. The van der Waals surface area contributed by atoms with E-state index in [1.807, 2.05) is 12.1 Å². The molecule has 7 heteroatoms. The predicted molar refractivity (Wildman–Crippen MR) is 239 cm³/mol. The summed E-state index contributed by atoms with van der Waals surface area (Å²) >= 11 is 0. The lowest BCUT2D eigenvalue weighted by atomic mass is 10.1. The molecule has 0 radical (unpaired) electrons. The number of aromatic nitrogens is 5. The standard InChI is InChI=1S/C51H33N5OSi/c1-3-16-35(17-4-1)58(36-18-5-2-6-19-36,48-29-15-24-41-40-23-10-14-28-47(40)57-49(41)48)51-53-33-52-50(54-51)56-45-27-13-9-22-39(45)42-32-34(30-31-46(42)56)55-43-25-11-7-20-37(43)38-21-8-12-26-44(38)55/h1-33H. The van der Waals surface area contributed by atoms with Crippen molar-refractivity contribution in [2.75, 3.05) is 0 Å². The fourth-order valence-corrected chi connectivity index (χ4v) is 13.9. The Morgan fingerprint density at radius 2 is 0.948 bits per heavy atom. The summed E-state index contributed by atoms with van der Waals surface area (Å²) in [4.78, 5) is 15.7. The molecule has 0 aliphatic rings. The van der Waals surface area contributed by atoms with E-state index in [0.717, 1.165) is 70.4 Å². The minimum atomic E-state index is -3.28. The zero-order chi connectivity index (χ0) is 38.2. The Bertz CT molecular complexity index is 3440. The minimum absolute atomic E-state index is 0.571. The van der Waals surface area contributed by atoms with Crippen molar-refractivity contribution in [2.45, 2.75) is 0 Å². The van der Waals surface area contributed by atoms with Crippen LogP contribution in [0.4, 0.5) is 0 Å². The summed E-state index contributed by atoms with van der Waals surface area (Å²) in [6, 6.07) is 68.9. The van der Waals surface area contributed by atoms with Crippen LogP contribution in [0.1, 0.15) is 0 Å². The van der Waals surface area contributed by atoms with Gasteiger partial charge in [-0.15, -0.1) is 0 Å². The molecule has 0 aliphatic heterocycles. The molecule has 0 spiro atoms. The van der Waals surface area contributed by atoms with Gasteiger partial charge in [0, 0.05) is 43.2 Å². The Morgan fingerprint density at radius 3 is 1.62 bits per heavy atom. The smallest absolute Gasteiger partial charge is 0.237 e.